The molecule has 0 saturated carbocycles. The Bertz CT molecular complexity index is 1340. The number of rotatable bonds is 3. The number of aryl methyl sites for hydroxylation is 1. The van der Waals surface area contributed by atoms with Crippen LogP contribution in [0.2, 0.25) is 5.02 Å². The van der Waals surface area contributed by atoms with Gasteiger partial charge in [0, 0.05) is 32.0 Å². The number of alkyl halides is 3. The van der Waals surface area contributed by atoms with Crippen molar-refractivity contribution in [2.75, 3.05) is 25.0 Å². The van der Waals surface area contributed by atoms with E-state index in [1.165, 1.54) is 22.9 Å². The molecule has 2 aliphatic heterocycles. The number of nitrogens with zero attached hydrogens (tertiary/aromatic N) is 2. The molecule has 2 aliphatic rings. The van der Waals surface area contributed by atoms with Crippen LogP contribution in [0.4, 0.5) is 23.2 Å². The number of carbonyl (C=O) groups is 3. The van der Waals surface area contributed by atoms with Crippen molar-refractivity contribution in [2.45, 2.75) is 42.4 Å². The second-order valence-corrected chi connectivity index (χ2v) is 10.9. The van der Waals surface area contributed by atoms with Crippen LogP contribution in [0.25, 0.3) is 0 Å². The number of hydrogen-bond acceptors (Lipinski definition) is 5. The van der Waals surface area contributed by atoms with Crippen LogP contribution in [0.1, 0.15) is 30.3 Å². The molecule has 0 bridgehead atoms. The number of aromatic nitrogens is 1. The minimum Gasteiger partial charge on any atom is -0.488 e. The SMILES string of the molecule is CC(NC(=O)C(=O)N1CCC2(CC1)COc1c(cn(C)c1C(=O)Nc1ccc(F)c(Cl)c1)S(=O)N2)C(F)(F)F. The molecule has 2 aromatic rings. The third-order valence-corrected chi connectivity index (χ3v) is 8.14. The molecule has 3 heterocycles. The van der Waals surface area contributed by atoms with Gasteiger partial charge in [0.15, 0.2) is 11.4 Å². The Hall–Kier alpha value is -3.17. The molecule has 16 heteroatoms. The van der Waals surface area contributed by atoms with E-state index in [2.05, 4.69) is 10.0 Å². The molecule has 3 amide bonds. The monoisotopic (exact) mass is 593 g/mol. The number of benzene rings is 1. The summed E-state index contributed by atoms with van der Waals surface area (Å²) in [4.78, 5) is 38.8. The Balaban J connectivity index is 1.44. The van der Waals surface area contributed by atoms with Crippen LogP contribution in [-0.4, -0.2) is 68.9 Å². The molecule has 2 unspecified atom stereocenters. The Kier molecular flexibility index (Phi) is 7.96. The number of likely N-dealkylation sites (tertiary alicyclic amines) is 1. The first kappa shape index (κ1) is 28.8. The topological polar surface area (TPSA) is 122 Å². The maximum atomic E-state index is 13.5. The van der Waals surface area contributed by atoms with Crippen LogP contribution in [-0.2, 0) is 27.6 Å². The van der Waals surface area contributed by atoms with E-state index >= 15 is 0 Å². The van der Waals surface area contributed by atoms with Crippen molar-refractivity contribution < 1.29 is 40.9 Å². The average Bonchev–Trinajstić information content (AvgIpc) is 3.14. The minimum absolute atomic E-state index is 0.00310. The molecule has 212 valence electrons. The first-order valence-electron chi connectivity index (χ1n) is 11.7. The van der Waals surface area contributed by atoms with Crippen LogP contribution in [0.5, 0.6) is 5.75 Å². The Labute approximate surface area is 227 Å². The summed E-state index contributed by atoms with van der Waals surface area (Å²) in [6, 6.07) is 1.48. The molecule has 1 saturated heterocycles. The van der Waals surface area contributed by atoms with E-state index in [1.807, 2.05) is 0 Å². The molecule has 10 nitrogen and oxygen atoms in total. The number of piperidine rings is 1. The second-order valence-electron chi connectivity index (χ2n) is 9.33. The van der Waals surface area contributed by atoms with Crippen LogP contribution in [0.3, 0.4) is 0 Å². The van der Waals surface area contributed by atoms with Crippen LogP contribution >= 0.6 is 11.6 Å². The number of hydrogen-bond donors (Lipinski definition) is 3. The third kappa shape index (κ3) is 6.04. The first-order valence-corrected chi connectivity index (χ1v) is 13.2. The molecule has 0 radical (unpaired) electrons. The van der Waals surface area contributed by atoms with Crippen LogP contribution < -0.4 is 20.1 Å². The highest BCUT2D eigenvalue weighted by atomic mass is 35.5. The lowest BCUT2D eigenvalue weighted by Crippen LogP contribution is -2.59. The van der Waals surface area contributed by atoms with Crippen molar-refractivity contribution >= 4 is 46.0 Å². The van der Waals surface area contributed by atoms with Crippen molar-refractivity contribution in [3.63, 3.8) is 0 Å². The van der Waals surface area contributed by atoms with Gasteiger partial charge in [0.1, 0.15) is 34.3 Å². The summed E-state index contributed by atoms with van der Waals surface area (Å²) in [6.45, 7) is 0.685. The molecule has 4 rings (SSSR count). The van der Waals surface area contributed by atoms with Gasteiger partial charge in [0.2, 0.25) is 0 Å². The van der Waals surface area contributed by atoms with Crippen LogP contribution in [0.15, 0.2) is 29.3 Å². The van der Waals surface area contributed by atoms with E-state index in [1.54, 1.807) is 12.4 Å². The minimum atomic E-state index is -4.69. The molecule has 1 aromatic heterocycles. The molecule has 0 aliphatic carbocycles. The van der Waals surface area contributed by atoms with E-state index in [-0.39, 0.29) is 59.6 Å². The van der Waals surface area contributed by atoms with Crippen LogP contribution in [0, 0.1) is 5.82 Å². The maximum absolute atomic E-state index is 13.5. The summed E-state index contributed by atoms with van der Waals surface area (Å²) < 4.78 is 75.2. The van der Waals surface area contributed by atoms with Gasteiger partial charge >= 0.3 is 18.0 Å². The van der Waals surface area contributed by atoms with Gasteiger partial charge in [-0.25, -0.2) is 13.3 Å². The summed E-state index contributed by atoms with van der Waals surface area (Å²) in [5.41, 5.74) is -0.614. The molecular weight excluding hydrogens is 570 g/mol. The van der Waals surface area contributed by atoms with Gasteiger partial charge in [-0.3, -0.25) is 14.4 Å². The summed E-state index contributed by atoms with van der Waals surface area (Å²) in [7, 11) is -0.270. The highest BCUT2D eigenvalue weighted by Crippen LogP contribution is 2.36. The van der Waals surface area contributed by atoms with Gasteiger partial charge in [0.05, 0.1) is 10.6 Å². The predicted octanol–water partition coefficient (Wildman–Crippen LogP) is 2.50. The van der Waals surface area contributed by atoms with E-state index in [0.717, 1.165) is 17.9 Å². The smallest absolute Gasteiger partial charge is 0.408 e. The Morgan fingerprint density at radius 3 is 2.51 bits per heavy atom. The highest BCUT2D eigenvalue weighted by Gasteiger charge is 2.44. The Morgan fingerprint density at radius 2 is 1.90 bits per heavy atom. The van der Waals surface area contributed by atoms with Crippen molar-refractivity contribution in [3.05, 3.63) is 40.9 Å². The lowest BCUT2D eigenvalue weighted by Gasteiger charge is -2.40. The fraction of sp³-hybridized carbons (Fsp3) is 0.435. The van der Waals surface area contributed by atoms with Gasteiger partial charge in [-0.05, 0) is 38.0 Å². The van der Waals surface area contributed by atoms with E-state index < -0.39 is 52.3 Å². The summed E-state index contributed by atoms with van der Waals surface area (Å²) in [5.74, 6) is -3.66. The lowest BCUT2D eigenvalue weighted by atomic mass is 9.89. The van der Waals surface area contributed by atoms with Crippen molar-refractivity contribution in [2.24, 2.45) is 7.05 Å². The second kappa shape index (κ2) is 10.8. The summed E-state index contributed by atoms with van der Waals surface area (Å²) in [6.07, 6.45) is -2.86. The van der Waals surface area contributed by atoms with Gasteiger partial charge in [-0.2, -0.15) is 13.2 Å². The summed E-state index contributed by atoms with van der Waals surface area (Å²) in [5, 5.41) is 4.07. The Morgan fingerprint density at radius 1 is 1.23 bits per heavy atom. The van der Waals surface area contributed by atoms with E-state index in [9.17, 15) is 36.2 Å². The zero-order valence-corrected chi connectivity index (χ0v) is 22.2. The number of ether oxygens (including phenoxy) is 1. The molecule has 1 aromatic carbocycles. The molecule has 1 fully saturated rings. The molecule has 2 atom stereocenters. The average molecular weight is 594 g/mol. The standard InChI is InChI=1S/C23H24ClF4N5O5S/c1-12(23(26,27)28)29-20(35)21(36)33-7-5-22(6-8-33)11-38-18-16(39(37)31-22)10-32(2)17(18)19(34)30-13-3-4-15(25)14(24)9-13/h3-4,9-10,12,31H,5-8,11H2,1-2H3,(H,29,35)(H,30,34). The van der Waals surface area contributed by atoms with E-state index in [0.29, 0.717) is 0 Å². The molecule has 1 spiro atoms. The molecule has 39 heavy (non-hydrogen) atoms. The molecule has 3 N–H and O–H groups in total. The van der Waals surface area contributed by atoms with Gasteiger partial charge < -0.3 is 24.8 Å². The zero-order chi connectivity index (χ0) is 28.7. The quantitative estimate of drug-likeness (QED) is 0.373. The number of halogens is 5. The van der Waals surface area contributed by atoms with E-state index in [4.69, 9.17) is 16.3 Å². The maximum Gasteiger partial charge on any atom is 0.408 e. The number of fused-ring (bicyclic) bond motifs is 1. The fourth-order valence-corrected chi connectivity index (χ4v) is 5.76. The van der Waals surface area contributed by atoms with Crippen molar-refractivity contribution in [1.82, 2.24) is 19.5 Å². The fourth-order valence-electron chi connectivity index (χ4n) is 4.23. The highest BCUT2D eigenvalue weighted by molar-refractivity contribution is 7.83. The van der Waals surface area contributed by atoms with Gasteiger partial charge in [-0.1, -0.05) is 11.6 Å². The normalized spacial score (nSPS) is 19.5. The largest absolute Gasteiger partial charge is 0.488 e. The zero-order valence-electron chi connectivity index (χ0n) is 20.7. The van der Waals surface area contributed by atoms with Gasteiger partial charge in [-0.15, -0.1) is 0 Å². The van der Waals surface area contributed by atoms with Crippen molar-refractivity contribution in [3.8, 4) is 5.75 Å². The number of amides is 3. The predicted molar refractivity (Wildman–Crippen MR) is 132 cm³/mol. The number of anilines is 1. The lowest BCUT2D eigenvalue weighted by molar-refractivity contribution is -0.162. The number of nitrogens with one attached hydrogen (secondary N) is 3. The summed E-state index contributed by atoms with van der Waals surface area (Å²) >= 11 is 5.78. The third-order valence-electron chi connectivity index (χ3n) is 6.54. The van der Waals surface area contributed by atoms with Crippen molar-refractivity contribution in [1.29, 1.82) is 0 Å². The van der Waals surface area contributed by atoms with Gasteiger partial charge in [0.25, 0.3) is 5.91 Å². The first-order chi connectivity index (χ1) is 18.2. The molecular formula is C23H24ClF4N5O5S. The number of carbonyl (C=O) groups excluding carboxylic acids is 3.